The second-order valence-corrected chi connectivity index (χ2v) is 6.81. The summed E-state index contributed by atoms with van der Waals surface area (Å²) in [4.78, 5) is 3.50. The molecule has 0 unspecified atom stereocenters. The highest BCUT2D eigenvalue weighted by molar-refractivity contribution is 5.96. The minimum Gasteiger partial charge on any atom is -0.496 e. The molecular formula is C23H23FN2O. The molecule has 27 heavy (non-hydrogen) atoms. The number of unbranched alkanes of at least 4 members (excludes halogenated alkanes) is 1. The van der Waals surface area contributed by atoms with Crippen LogP contribution >= 0.6 is 0 Å². The van der Waals surface area contributed by atoms with E-state index in [1.54, 1.807) is 19.2 Å². The molecule has 0 atom stereocenters. The lowest BCUT2D eigenvalue weighted by Gasteiger charge is -2.12. The molecule has 0 bridgehead atoms. The smallest absolute Gasteiger partial charge is 0.128 e. The molecule has 4 heteroatoms. The molecule has 0 fully saturated rings. The van der Waals surface area contributed by atoms with Gasteiger partial charge < -0.3 is 15.5 Å². The van der Waals surface area contributed by atoms with Gasteiger partial charge in [0.05, 0.1) is 12.8 Å². The number of aryl methyl sites for hydroxylation is 1. The number of aromatic nitrogens is 1. The van der Waals surface area contributed by atoms with Gasteiger partial charge in [0.15, 0.2) is 0 Å². The Hall–Kier alpha value is -2.85. The Morgan fingerprint density at radius 1 is 1.00 bits per heavy atom. The number of ether oxygens (including phenoxy) is 1. The molecule has 0 radical (unpaired) electrons. The summed E-state index contributed by atoms with van der Waals surface area (Å²) in [5, 5.41) is 3.20. The van der Waals surface area contributed by atoms with Gasteiger partial charge in [0.2, 0.25) is 0 Å². The molecule has 0 saturated heterocycles. The zero-order chi connectivity index (χ0) is 18.8. The Labute approximate surface area is 158 Å². The van der Waals surface area contributed by atoms with E-state index < -0.39 is 0 Å². The molecule has 0 amide bonds. The van der Waals surface area contributed by atoms with E-state index in [1.165, 1.54) is 6.07 Å². The molecule has 0 aliphatic heterocycles. The standard InChI is InChI=1S/C23H23FN2O/c1-27-22-13-16-7-3-2-6-15(16)12-20(22)23-18(8-4-5-11-25)19-14-17(24)9-10-21(19)26-23/h2-3,6-7,9-10,12-14,26H,4-5,8,11,25H2,1H3. The van der Waals surface area contributed by atoms with E-state index >= 15 is 0 Å². The molecule has 0 aliphatic rings. The molecule has 0 saturated carbocycles. The van der Waals surface area contributed by atoms with Gasteiger partial charge in [0.25, 0.3) is 0 Å². The first-order valence-corrected chi connectivity index (χ1v) is 9.28. The highest BCUT2D eigenvalue weighted by atomic mass is 19.1. The molecular weight excluding hydrogens is 339 g/mol. The monoisotopic (exact) mass is 362 g/mol. The van der Waals surface area contributed by atoms with Gasteiger partial charge in [-0.15, -0.1) is 0 Å². The van der Waals surface area contributed by atoms with Crippen LogP contribution in [-0.2, 0) is 6.42 Å². The van der Waals surface area contributed by atoms with Gasteiger partial charge in [-0.2, -0.15) is 0 Å². The number of nitrogens with one attached hydrogen (secondary N) is 1. The summed E-state index contributed by atoms with van der Waals surface area (Å²) in [5.74, 6) is 0.583. The quantitative estimate of drug-likeness (QED) is 0.450. The first-order chi connectivity index (χ1) is 13.2. The summed E-state index contributed by atoms with van der Waals surface area (Å²) in [6.45, 7) is 0.658. The number of H-pyrrole nitrogens is 1. The van der Waals surface area contributed by atoms with E-state index in [0.717, 1.165) is 63.5 Å². The molecule has 0 spiro atoms. The van der Waals surface area contributed by atoms with E-state index in [-0.39, 0.29) is 5.82 Å². The molecule has 0 aliphatic carbocycles. The minimum atomic E-state index is -0.224. The summed E-state index contributed by atoms with van der Waals surface area (Å²) in [6, 6.07) is 17.3. The van der Waals surface area contributed by atoms with Crippen LogP contribution in [0.5, 0.6) is 5.75 Å². The van der Waals surface area contributed by atoms with Crippen LogP contribution in [0.1, 0.15) is 18.4 Å². The Morgan fingerprint density at radius 3 is 2.52 bits per heavy atom. The third-order valence-electron chi connectivity index (χ3n) is 5.09. The van der Waals surface area contributed by atoms with Crippen LogP contribution in [0, 0.1) is 5.82 Å². The average molecular weight is 362 g/mol. The maximum absolute atomic E-state index is 13.9. The molecule has 138 valence electrons. The fraction of sp³-hybridized carbons (Fsp3) is 0.217. The molecule has 3 nitrogen and oxygen atoms in total. The highest BCUT2D eigenvalue weighted by Crippen LogP contribution is 2.39. The van der Waals surface area contributed by atoms with Crippen molar-refractivity contribution >= 4 is 21.7 Å². The van der Waals surface area contributed by atoms with E-state index in [9.17, 15) is 4.39 Å². The number of benzene rings is 3. The van der Waals surface area contributed by atoms with Crippen LogP contribution in [0.4, 0.5) is 4.39 Å². The summed E-state index contributed by atoms with van der Waals surface area (Å²) in [5.41, 5.74) is 9.72. The molecule has 1 aromatic heterocycles. The number of hydrogen-bond donors (Lipinski definition) is 2. The van der Waals surface area contributed by atoms with Crippen molar-refractivity contribution in [3.8, 4) is 17.0 Å². The van der Waals surface area contributed by atoms with Gasteiger partial charge in [-0.1, -0.05) is 24.3 Å². The number of methoxy groups -OCH3 is 1. The van der Waals surface area contributed by atoms with Gasteiger partial charge in [0, 0.05) is 16.5 Å². The molecule has 4 aromatic rings. The Balaban J connectivity index is 1.94. The van der Waals surface area contributed by atoms with Gasteiger partial charge in [-0.3, -0.25) is 0 Å². The predicted molar refractivity (Wildman–Crippen MR) is 110 cm³/mol. The summed E-state index contributed by atoms with van der Waals surface area (Å²) < 4.78 is 19.6. The van der Waals surface area contributed by atoms with Crippen LogP contribution in [0.25, 0.3) is 32.9 Å². The molecule has 4 rings (SSSR count). The van der Waals surface area contributed by atoms with Crippen molar-refractivity contribution in [2.24, 2.45) is 5.73 Å². The number of halogens is 1. The second-order valence-electron chi connectivity index (χ2n) is 6.81. The average Bonchev–Trinajstić information content (AvgIpc) is 3.04. The van der Waals surface area contributed by atoms with Crippen LogP contribution in [0.2, 0.25) is 0 Å². The lowest BCUT2D eigenvalue weighted by atomic mass is 9.97. The lowest BCUT2D eigenvalue weighted by molar-refractivity contribution is 0.417. The molecule has 1 heterocycles. The first kappa shape index (κ1) is 17.6. The fourth-order valence-electron chi connectivity index (χ4n) is 3.74. The third-order valence-corrected chi connectivity index (χ3v) is 5.09. The largest absolute Gasteiger partial charge is 0.496 e. The summed E-state index contributed by atoms with van der Waals surface area (Å²) in [7, 11) is 1.68. The Kier molecular flexibility index (Phi) is 4.82. The Morgan fingerprint density at radius 2 is 1.78 bits per heavy atom. The number of hydrogen-bond acceptors (Lipinski definition) is 2. The number of rotatable bonds is 6. The van der Waals surface area contributed by atoms with Gasteiger partial charge in [0.1, 0.15) is 11.6 Å². The lowest BCUT2D eigenvalue weighted by Crippen LogP contribution is -1.99. The predicted octanol–water partition coefficient (Wildman–Crippen LogP) is 5.42. The van der Waals surface area contributed by atoms with Crippen LogP contribution in [0.15, 0.2) is 54.6 Å². The van der Waals surface area contributed by atoms with Gasteiger partial charge in [-0.05, 0) is 72.5 Å². The maximum atomic E-state index is 13.9. The topological polar surface area (TPSA) is 51.0 Å². The minimum absolute atomic E-state index is 0.224. The fourth-order valence-corrected chi connectivity index (χ4v) is 3.74. The Bertz CT molecular complexity index is 1100. The van der Waals surface area contributed by atoms with Crippen molar-refractivity contribution in [2.45, 2.75) is 19.3 Å². The van der Waals surface area contributed by atoms with Crippen LogP contribution in [0.3, 0.4) is 0 Å². The highest BCUT2D eigenvalue weighted by Gasteiger charge is 2.17. The van der Waals surface area contributed by atoms with E-state index in [2.05, 4.69) is 29.2 Å². The van der Waals surface area contributed by atoms with Crippen LogP contribution < -0.4 is 10.5 Å². The first-order valence-electron chi connectivity index (χ1n) is 9.28. The van der Waals surface area contributed by atoms with E-state index in [0.29, 0.717) is 6.54 Å². The summed E-state index contributed by atoms with van der Waals surface area (Å²) >= 11 is 0. The normalized spacial score (nSPS) is 11.4. The van der Waals surface area contributed by atoms with Gasteiger partial charge >= 0.3 is 0 Å². The molecule has 3 N–H and O–H groups in total. The SMILES string of the molecule is COc1cc2ccccc2cc1-c1[nH]c2ccc(F)cc2c1CCCCN. The summed E-state index contributed by atoms with van der Waals surface area (Å²) in [6.07, 6.45) is 2.74. The van der Waals surface area contributed by atoms with Gasteiger partial charge in [-0.25, -0.2) is 4.39 Å². The number of nitrogens with two attached hydrogens (primary N) is 1. The zero-order valence-corrected chi connectivity index (χ0v) is 15.4. The number of fused-ring (bicyclic) bond motifs is 2. The van der Waals surface area contributed by atoms with Crippen molar-refractivity contribution in [1.29, 1.82) is 0 Å². The third kappa shape index (κ3) is 3.28. The molecule has 3 aromatic carbocycles. The maximum Gasteiger partial charge on any atom is 0.128 e. The van der Waals surface area contributed by atoms with Crippen LogP contribution in [-0.4, -0.2) is 18.6 Å². The zero-order valence-electron chi connectivity index (χ0n) is 15.4. The van der Waals surface area contributed by atoms with Crippen molar-refractivity contribution in [3.05, 3.63) is 66.0 Å². The van der Waals surface area contributed by atoms with Crippen molar-refractivity contribution in [3.63, 3.8) is 0 Å². The second kappa shape index (κ2) is 7.41. The van der Waals surface area contributed by atoms with Crippen molar-refractivity contribution < 1.29 is 9.13 Å². The van der Waals surface area contributed by atoms with Crippen molar-refractivity contribution in [2.75, 3.05) is 13.7 Å². The van der Waals surface area contributed by atoms with Crippen molar-refractivity contribution in [1.82, 2.24) is 4.98 Å². The van der Waals surface area contributed by atoms with E-state index in [1.807, 2.05) is 12.1 Å². The van der Waals surface area contributed by atoms with E-state index in [4.69, 9.17) is 10.5 Å². The number of aromatic amines is 1.